The smallest absolute Gasteiger partial charge is 0.173 e. The van der Waals surface area contributed by atoms with E-state index in [1.807, 2.05) is 38.1 Å². The van der Waals surface area contributed by atoms with Gasteiger partial charge in [-0.3, -0.25) is 9.78 Å². The minimum Gasteiger partial charge on any atom is -0.388 e. The molecule has 200 valence electrons. The monoisotopic (exact) mass is 553 g/mol. The maximum atomic E-state index is 13.3. The molecular weight excluding hydrogens is 522 g/mol. The van der Waals surface area contributed by atoms with Gasteiger partial charge in [-0.2, -0.15) is 0 Å². The first-order chi connectivity index (χ1) is 18.3. The lowest BCUT2D eigenvalue weighted by Crippen LogP contribution is -2.36. The third-order valence-electron chi connectivity index (χ3n) is 7.76. The molecule has 0 spiro atoms. The van der Waals surface area contributed by atoms with E-state index >= 15 is 0 Å². The van der Waals surface area contributed by atoms with E-state index in [2.05, 4.69) is 15.9 Å². The predicted octanol–water partition coefficient (Wildman–Crippen LogP) is 5.45. The number of thiophene rings is 1. The van der Waals surface area contributed by atoms with Crippen molar-refractivity contribution in [2.75, 3.05) is 62.4 Å². The lowest BCUT2D eigenvalue weighted by Gasteiger charge is -2.35. The van der Waals surface area contributed by atoms with Crippen molar-refractivity contribution in [2.24, 2.45) is 5.41 Å². The van der Waals surface area contributed by atoms with Crippen LogP contribution < -0.4 is 9.80 Å². The zero-order valence-electron chi connectivity index (χ0n) is 21.7. The molecule has 0 saturated carbocycles. The number of Topliss-reactive ketones (excluding diaryl/α,β-unsaturated/α-hetero) is 1. The number of anilines is 2. The Labute approximate surface area is 232 Å². The van der Waals surface area contributed by atoms with Crippen LogP contribution in [-0.2, 0) is 9.47 Å². The summed E-state index contributed by atoms with van der Waals surface area (Å²) in [5, 5.41) is 13.2. The van der Waals surface area contributed by atoms with Gasteiger partial charge in [-0.1, -0.05) is 25.4 Å². The van der Waals surface area contributed by atoms with E-state index in [9.17, 15) is 9.90 Å². The molecule has 9 heteroatoms. The van der Waals surface area contributed by atoms with Crippen molar-refractivity contribution in [3.05, 3.63) is 52.0 Å². The zero-order chi connectivity index (χ0) is 26.4. The summed E-state index contributed by atoms with van der Waals surface area (Å²) < 4.78 is 11.1. The molecule has 2 fully saturated rings. The molecule has 1 atom stereocenters. The zero-order valence-corrected chi connectivity index (χ0v) is 23.3. The van der Waals surface area contributed by atoms with Crippen LogP contribution in [0.5, 0.6) is 0 Å². The maximum absolute atomic E-state index is 13.3. The third kappa shape index (κ3) is 4.62. The van der Waals surface area contributed by atoms with Crippen LogP contribution in [0.25, 0.3) is 22.4 Å². The summed E-state index contributed by atoms with van der Waals surface area (Å²) in [4.78, 5) is 23.2. The predicted molar refractivity (Wildman–Crippen MR) is 152 cm³/mol. The van der Waals surface area contributed by atoms with Crippen molar-refractivity contribution >= 4 is 39.4 Å². The molecule has 0 radical (unpaired) electrons. The van der Waals surface area contributed by atoms with Crippen LogP contribution in [0.1, 0.15) is 41.6 Å². The number of fused-ring (bicyclic) bond motifs is 1. The summed E-state index contributed by atoms with van der Waals surface area (Å²) in [5.41, 5.74) is 4.73. The SMILES string of the molecule is CC1(C)CC(=O)c2sc(N3CCOCC3)c(-c3ccnc(-c4cc(N5CCOCC5)ccc4Cl)c3)c2C1O. The van der Waals surface area contributed by atoms with Crippen LogP contribution in [0.4, 0.5) is 10.7 Å². The highest BCUT2D eigenvalue weighted by Gasteiger charge is 2.43. The van der Waals surface area contributed by atoms with E-state index in [1.165, 1.54) is 11.3 Å². The summed E-state index contributed by atoms with van der Waals surface area (Å²) in [6.45, 7) is 9.75. The van der Waals surface area contributed by atoms with E-state index in [-0.39, 0.29) is 5.78 Å². The largest absolute Gasteiger partial charge is 0.388 e. The van der Waals surface area contributed by atoms with Gasteiger partial charge in [-0.25, -0.2) is 0 Å². The van der Waals surface area contributed by atoms with E-state index in [0.29, 0.717) is 42.7 Å². The summed E-state index contributed by atoms with van der Waals surface area (Å²) in [6, 6.07) is 10.1. The molecule has 2 saturated heterocycles. The molecule has 1 unspecified atom stereocenters. The molecule has 7 nitrogen and oxygen atoms in total. The van der Waals surface area contributed by atoms with Gasteiger partial charge in [0.1, 0.15) is 5.00 Å². The summed E-state index contributed by atoms with van der Waals surface area (Å²) in [5.74, 6) is 0.0941. The summed E-state index contributed by atoms with van der Waals surface area (Å²) >= 11 is 8.20. The van der Waals surface area contributed by atoms with E-state index in [0.717, 1.165) is 64.8 Å². The number of aromatic nitrogens is 1. The average Bonchev–Trinajstić information content (AvgIpc) is 3.34. The Morgan fingerprint density at radius 3 is 2.42 bits per heavy atom. The quantitative estimate of drug-likeness (QED) is 0.460. The van der Waals surface area contributed by atoms with Crippen LogP contribution in [0.3, 0.4) is 0 Å². The topological polar surface area (TPSA) is 75.1 Å². The van der Waals surface area contributed by atoms with Gasteiger partial charge < -0.3 is 24.4 Å². The van der Waals surface area contributed by atoms with E-state index < -0.39 is 11.5 Å². The first-order valence-corrected chi connectivity index (χ1v) is 14.3. The fourth-order valence-corrected chi connectivity index (χ4v) is 7.17. The molecule has 2 aromatic heterocycles. The highest BCUT2D eigenvalue weighted by atomic mass is 35.5. The van der Waals surface area contributed by atoms with Crippen LogP contribution in [0, 0.1) is 5.41 Å². The molecule has 6 rings (SSSR count). The van der Waals surface area contributed by atoms with Gasteiger partial charge in [-0.05, 0) is 35.9 Å². The number of ether oxygens (including phenoxy) is 2. The Morgan fingerprint density at radius 2 is 1.71 bits per heavy atom. The number of carbonyl (C=O) groups is 1. The number of benzene rings is 1. The Balaban J connectivity index is 1.48. The van der Waals surface area contributed by atoms with Crippen LogP contribution >= 0.6 is 22.9 Å². The van der Waals surface area contributed by atoms with Gasteiger partial charge in [-0.15, -0.1) is 11.3 Å². The van der Waals surface area contributed by atoms with Crippen LogP contribution in [-0.4, -0.2) is 68.5 Å². The molecule has 1 N–H and O–H groups in total. The van der Waals surface area contributed by atoms with Crippen molar-refractivity contribution < 1.29 is 19.4 Å². The first kappa shape index (κ1) is 25.8. The standard InChI is InChI=1S/C29H32ClN3O4S/c1-29(2)17-23(34)26-25(27(29)35)24(28(38-26)33-9-13-37-14-10-33)18-5-6-31-22(15-18)20-16-19(3-4-21(20)30)32-7-11-36-12-8-32/h3-6,15-16,27,35H,7-14,17H2,1-2H3. The molecule has 1 aliphatic carbocycles. The maximum Gasteiger partial charge on any atom is 0.173 e. The fraction of sp³-hybridized carbons (Fsp3) is 0.448. The molecule has 38 heavy (non-hydrogen) atoms. The number of aliphatic hydroxyl groups excluding tert-OH is 1. The number of morpholine rings is 2. The van der Waals surface area contributed by atoms with Crippen molar-refractivity contribution in [3.8, 4) is 22.4 Å². The third-order valence-corrected chi connectivity index (χ3v) is 9.40. The number of hydrogen-bond donors (Lipinski definition) is 1. The molecular formula is C29H32ClN3O4S. The van der Waals surface area contributed by atoms with Crippen LogP contribution in [0.2, 0.25) is 5.02 Å². The van der Waals surface area contributed by atoms with Gasteiger partial charge >= 0.3 is 0 Å². The second-order valence-electron chi connectivity index (χ2n) is 10.8. The highest BCUT2D eigenvalue weighted by Crippen LogP contribution is 2.54. The normalized spacial score (nSPS) is 21.5. The lowest BCUT2D eigenvalue weighted by molar-refractivity contribution is 0.0330. The number of nitrogens with zero attached hydrogens (tertiary/aromatic N) is 3. The Bertz CT molecular complexity index is 1360. The molecule has 4 heterocycles. The number of aliphatic hydroxyl groups is 1. The van der Waals surface area contributed by atoms with Gasteiger partial charge in [0.25, 0.3) is 0 Å². The van der Waals surface area contributed by atoms with Crippen molar-refractivity contribution in [1.82, 2.24) is 4.98 Å². The van der Waals surface area contributed by atoms with E-state index in [4.69, 9.17) is 26.1 Å². The summed E-state index contributed by atoms with van der Waals surface area (Å²) in [7, 11) is 0. The minimum absolute atomic E-state index is 0.0941. The molecule has 3 aliphatic rings. The van der Waals surface area contributed by atoms with E-state index in [1.54, 1.807) is 6.20 Å². The number of hydrogen-bond acceptors (Lipinski definition) is 8. The van der Waals surface area contributed by atoms with Gasteiger partial charge in [0.2, 0.25) is 0 Å². The Morgan fingerprint density at radius 1 is 1.03 bits per heavy atom. The fourth-order valence-electron chi connectivity index (χ4n) is 5.61. The lowest BCUT2D eigenvalue weighted by atomic mass is 9.72. The number of halogens is 1. The number of pyridine rings is 1. The second-order valence-corrected chi connectivity index (χ2v) is 12.2. The number of carbonyl (C=O) groups excluding carboxylic acids is 1. The average molecular weight is 554 g/mol. The first-order valence-electron chi connectivity index (χ1n) is 13.1. The van der Waals surface area contributed by atoms with Crippen molar-refractivity contribution in [1.29, 1.82) is 0 Å². The minimum atomic E-state index is -0.749. The number of rotatable bonds is 4. The molecule has 1 aromatic carbocycles. The summed E-state index contributed by atoms with van der Waals surface area (Å²) in [6.07, 6.45) is 1.37. The van der Waals surface area contributed by atoms with Gasteiger partial charge in [0.15, 0.2) is 5.78 Å². The Kier molecular flexibility index (Phi) is 6.95. The Hall–Kier alpha value is -2.49. The second kappa shape index (κ2) is 10.2. The molecule has 2 aliphatic heterocycles. The highest BCUT2D eigenvalue weighted by molar-refractivity contribution is 7.19. The van der Waals surface area contributed by atoms with Crippen LogP contribution in [0.15, 0.2) is 36.5 Å². The molecule has 0 bridgehead atoms. The number of ketones is 1. The van der Waals surface area contributed by atoms with Gasteiger partial charge in [0.05, 0.1) is 48.1 Å². The van der Waals surface area contributed by atoms with Crippen molar-refractivity contribution in [3.63, 3.8) is 0 Å². The molecule has 3 aromatic rings. The van der Waals surface area contributed by atoms with Gasteiger partial charge in [0, 0.05) is 66.6 Å². The van der Waals surface area contributed by atoms with Crippen molar-refractivity contribution in [2.45, 2.75) is 26.4 Å². The molecule has 0 amide bonds.